The van der Waals surface area contributed by atoms with Gasteiger partial charge in [-0.25, -0.2) is 9.59 Å². The molecule has 2 bridgehead atoms. The lowest BCUT2D eigenvalue weighted by Crippen LogP contribution is -2.57. The van der Waals surface area contributed by atoms with Gasteiger partial charge in [0.25, 0.3) is 0 Å². The summed E-state index contributed by atoms with van der Waals surface area (Å²) in [6.45, 7) is 0.558. The number of carbonyl (C=O) groups excluding carboxylic acids is 1. The number of hydrogen-bond donors (Lipinski definition) is 2. The van der Waals surface area contributed by atoms with Crippen LogP contribution < -0.4 is 5.32 Å². The fourth-order valence-corrected chi connectivity index (χ4v) is 4.26. The Morgan fingerprint density at radius 2 is 1.76 bits per heavy atom. The second-order valence-corrected chi connectivity index (χ2v) is 6.71. The predicted molar refractivity (Wildman–Crippen MR) is 78.1 cm³/mol. The van der Waals surface area contributed by atoms with Crippen LogP contribution >= 0.6 is 0 Å². The van der Waals surface area contributed by atoms with E-state index in [4.69, 9.17) is 0 Å². The lowest BCUT2D eigenvalue weighted by atomic mass is 9.82. The molecule has 0 radical (unpaired) electrons. The minimum absolute atomic E-state index is 0.187. The van der Waals surface area contributed by atoms with Crippen molar-refractivity contribution in [2.24, 2.45) is 0 Å². The molecule has 118 valence electrons. The summed E-state index contributed by atoms with van der Waals surface area (Å²) >= 11 is 0. The van der Waals surface area contributed by atoms with E-state index in [1.54, 1.807) is 0 Å². The quantitative estimate of drug-likeness (QED) is 0.804. The Kier molecular flexibility index (Phi) is 4.06. The molecular weight excluding hydrogens is 270 g/mol. The van der Waals surface area contributed by atoms with Gasteiger partial charge < -0.3 is 20.2 Å². The van der Waals surface area contributed by atoms with Gasteiger partial charge in [-0.2, -0.15) is 0 Å². The number of aliphatic carboxylic acids is 1. The maximum Gasteiger partial charge on any atom is 0.326 e. The SMILES string of the molecule is CN1C2CCCC1CC(NC(=O)N1CCC[C@H]1C(=O)O)C2. The van der Waals surface area contributed by atoms with Crippen molar-refractivity contribution in [3.63, 3.8) is 0 Å². The third kappa shape index (κ3) is 2.86. The first-order valence-electron chi connectivity index (χ1n) is 8.08. The van der Waals surface area contributed by atoms with Crippen molar-refractivity contribution in [2.45, 2.75) is 69.1 Å². The summed E-state index contributed by atoms with van der Waals surface area (Å²) < 4.78 is 0. The molecule has 2 N–H and O–H groups in total. The molecule has 3 fully saturated rings. The van der Waals surface area contributed by atoms with Crippen molar-refractivity contribution in [3.8, 4) is 0 Å². The fraction of sp³-hybridized carbons (Fsp3) is 0.867. The van der Waals surface area contributed by atoms with Crippen LogP contribution in [0.15, 0.2) is 0 Å². The Morgan fingerprint density at radius 1 is 1.10 bits per heavy atom. The van der Waals surface area contributed by atoms with E-state index in [2.05, 4.69) is 17.3 Å². The first kappa shape index (κ1) is 14.6. The third-order valence-corrected chi connectivity index (χ3v) is 5.47. The van der Waals surface area contributed by atoms with Crippen molar-refractivity contribution in [3.05, 3.63) is 0 Å². The van der Waals surface area contributed by atoms with E-state index in [0.717, 1.165) is 19.3 Å². The van der Waals surface area contributed by atoms with Gasteiger partial charge in [-0.3, -0.25) is 0 Å². The smallest absolute Gasteiger partial charge is 0.326 e. The Hall–Kier alpha value is -1.30. The standard InChI is InChI=1S/C15H25N3O3/c1-17-11-4-2-5-12(17)9-10(8-11)16-15(21)18-7-3-6-13(18)14(19)20/h10-13H,2-9H2,1H3,(H,16,21)(H,19,20)/t10?,11?,12?,13-/m0/s1. The molecule has 3 atom stereocenters. The molecular formula is C15H25N3O3. The number of rotatable bonds is 2. The summed E-state index contributed by atoms with van der Waals surface area (Å²) in [6, 6.07) is 0.496. The van der Waals surface area contributed by atoms with Gasteiger partial charge in [0, 0.05) is 24.7 Å². The maximum absolute atomic E-state index is 12.4. The number of carbonyl (C=O) groups is 2. The highest BCUT2D eigenvalue weighted by Gasteiger charge is 2.39. The topological polar surface area (TPSA) is 72.9 Å². The summed E-state index contributed by atoms with van der Waals surface area (Å²) in [6.07, 6.45) is 7.04. The van der Waals surface area contributed by atoms with Gasteiger partial charge in [-0.1, -0.05) is 6.42 Å². The van der Waals surface area contributed by atoms with Crippen LogP contribution in [0.4, 0.5) is 4.79 Å². The van der Waals surface area contributed by atoms with Crippen molar-refractivity contribution in [1.29, 1.82) is 0 Å². The molecule has 2 amide bonds. The first-order chi connectivity index (χ1) is 10.1. The van der Waals surface area contributed by atoms with Crippen LogP contribution in [0.1, 0.15) is 44.9 Å². The van der Waals surface area contributed by atoms with Gasteiger partial charge in [0.15, 0.2) is 0 Å². The zero-order valence-electron chi connectivity index (χ0n) is 12.6. The second-order valence-electron chi connectivity index (χ2n) is 6.71. The number of urea groups is 1. The van der Waals surface area contributed by atoms with E-state index in [9.17, 15) is 14.7 Å². The summed E-state index contributed by atoms with van der Waals surface area (Å²) in [7, 11) is 2.19. The van der Waals surface area contributed by atoms with Crippen molar-refractivity contribution < 1.29 is 14.7 Å². The van der Waals surface area contributed by atoms with E-state index in [1.807, 2.05) is 0 Å². The summed E-state index contributed by atoms with van der Waals surface area (Å²) in [5, 5.41) is 12.3. The number of nitrogens with one attached hydrogen (secondary N) is 1. The highest BCUT2D eigenvalue weighted by Crippen LogP contribution is 2.32. The van der Waals surface area contributed by atoms with Gasteiger partial charge in [0.1, 0.15) is 6.04 Å². The molecule has 6 nitrogen and oxygen atoms in total. The van der Waals surface area contributed by atoms with Gasteiger partial charge in [0.2, 0.25) is 0 Å². The first-order valence-corrected chi connectivity index (χ1v) is 8.08. The van der Waals surface area contributed by atoms with Crippen LogP contribution in [0.2, 0.25) is 0 Å². The number of piperidine rings is 2. The van der Waals surface area contributed by atoms with E-state index in [0.29, 0.717) is 25.0 Å². The van der Waals surface area contributed by atoms with Crippen LogP contribution in [0.5, 0.6) is 0 Å². The number of carboxylic acids is 1. The van der Waals surface area contributed by atoms with Crippen LogP contribution in [-0.2, 0) is 4.79 Å². The molecule has 3 aliphatic heterocycles. The molecule has 3 heterocycles. The van der Waals surface area contributed by atoms with Crippen LogP contribution in [0.3, 0.4) is 0 Å². The van der Waals surface area contributed by atoms with Gasteiger partial charge in [-0.15, -0.1) is 0 Å². The Balaban J connectivity index is 1.59. The molecule has 3 rings (SSSR count). The van der Waals surface area contributed by atoms with E-state index < -0.39 is 12.0 Å². The average Bonchev–Trinajstić information content (AvgIpc) is 2.89. The van der Waals surface area contributed by atoms with Crippen LogP contribution in [0.25, 0.3) is 0 Å². The number of fused-ring (bicyclic) bond motifs is 2. The maximum atomic E-state index is 12.4. The van der Waals surface area contributed by atoms with Gasteiger partial charge in [0.05, 0.1) is 0 Å². The van der Waals surface area contributed by atoms with Crippen molar-refractivity contribution >= 4 is 12.0 Å². The molecule has 21 heavy (non-hydrogen) atoms. The number of carboxylic acid groups (broad SMARTS) is 1. The highest BCUT2D eigenvalue weighted by molar-refractivity contribution is 5.83. The zero-order valence-corrected chi connectivity index (χ0v) is 12.6. The van der Waals surface area contributed by atoms with Crippen molar-refractivity contribution in [2.75, 3.05) is 13.6 Å². The number of hydrogen-bond acceptors (Lipinski definition) is 3. The van der Waals surface area contributed by atoms with Gasteiger partial charge >= 0.3 is 12.0 Å². The average molecular weight is 295 g/mol. The normalized spacial score (nSPS) is 36.5. The molecule has 0 aromatic rings. The van der Waals surface area contributed by atoms with Crippen molar-refractivity contribution in [1.82, 2.24) is 15.1 Å². The predicted octanol–water partition coefficient (Wildman–Crippen LogP) is 1.26. The molecule has 3 aliphatic rings. The summed E-state index contributed by atoms with van der Waals surface area (Å²) in [5.74, 6) is -0.886. The fourth-order valence-electron chi connectivity index (χ4n) is 4.26. The number of amides is 2. The van der Waals surface area contributed by atoms with Crippen LogP contribution in [0, 0.1) is 0 Å². The molecule has 2 unspecified atom stereocenters. The van der Waals surface area contributed by atoms with E-state index in [1.165, 1.54) is 24.2 Å². The molecule has 6 heteroatoms. The second kappa shape index (κ2) is 5.83. The molecule has 0 saturated carbocycles. The largest absolute Gasteiger partial charge is 0.480 e. The Labute approximate surface area is 125 Å². The number of nitrogens with zero attached hydrogens (tertiary/aromatic N) is 2. The Morgan fingerprint density at radius 3 is 2.38 bits per heavy atom. The molecule has 0 aromatic heterocycles. The zero-order chi connectivity index (χ0) is 15.0. The summed E-state index contributed by atoms with van der Waals surface area (Å²) in [5.41, 5.74) is 0. The molecule has 0 aliphatic carbocycles. The van der Waals surface area contributed by atoms with E-state index in [-0.39, 0.29) is 12.1 Å². The third-order valence-electron chi connectivity index (χ3n) is 5.47. The molecule has 0 spiro atoms. The minimum atomic E-state index is -0.886. The highest BCUT2D eigenvalue weighted by atomic mass is 16.4. The lowest BCUT2D eigenvalue weighted by molar-refractivity contribution is -0.141. The molecule has 3 saturated heterocycles. The lowest BCUT2D eigenvalue weighted by Gasteiger charge is -2.47. The Bertz CT molecular complexity index is 414. The minimum Gasteiger partial charge on any atom is -0.480 e. The van der Waals surface area contributed by atoms with Crippen LogP contribution in [-0.4, -0.2) is 64.7 Å². The molecule has 0 aromatic carbocycles. The van der Waals surface area contributed by atoms with Gasteiger partial charge in [-0.05, 0) is 45.6 Å². The number of likely N-dealkylation sites (tertiary alicyclic amines) is 1. The summed E-state index contributed by atoms with van der Waals surface area (Å²) in [4.78, 5) is 27.5. The monoisotopic (exact) mass is 295 g/mol. The van der Waals surface area contributed by atoms with E-state index >= 15 is 0 Å².